The Morgan fingerprint density at radius 2 is 1.86 bits per heavy atom. The highest BCUT2D eigenvalue weighted by Crippen LogP contribution is 2.28. The van der Waals surface area contributed by atoms with Gasteiger partial charge in [-0.1, -0.05) is 25.0 Å². The van der Waals surface area contributed by atoms with Gasteiger partial charge in [0.05, 0.1) is 24.5 Å². The number of nitrogens with zero attached hydrogens (tertiary/aromatic N) is 1. The molecular formula is C22H26FN3O2. The van der Waals surface area contributed by atoms with E-state index < -0.39 is 6.09 Å². The number of hydrogen-bond donors (Lipinski definition) is 2. The molecule has 0 aliphatic carbocycles. The third-order valence-corrected chi connectivity index (χ3v) is 4.01. The lowest BCUT2D eigenvalue weighted by Crippen LogP contribution is -2.23. The monoisotopic (exact) mass is 383 g/mol. The number of rotatable bonds is 7. The minimum atomic E-state index is -0.497. The molecule has 0 unspecified atom stereocenters. The molecule has 6 heteroatoms. The van der Waals surface area contributed by atoms with Crippen molar-refractivity contribution in [1.29, 1.82) is 0 Å². The number of amides is 1. The first kappa shape index (κ1) is 21.1. The number of ether oxygens (including phenoxy) is 1. The van der Waals surface area contributed by atoms with Gasteiger partial charge >= 0.3 is 6.09 Å². The third-order valence-electron chi connectivity index (χ3n) is 4.01. The molecule has 0 saturated carbocycles. The zero-order valence-electron chi connectivity index (χ0n) is 16.5. The van der Waals surface area contributed by atoms with Crippen LogP contribution in [0.25, 0.3) is 0 Å². The average molecular weight is 383 g/mol. The first-order chi connectivity index (χ1) is 13.6. The summed E-state index contributed by atoms with van der Waals surface area (Å²) in [6, 6.07) is 12.1. The highest BCUT2D eigenvalue weighted by Gasteiger charge is 2.12. The maximum Gasteiger partial charge on any atom is 0.411 e. The van der Waals surface area contributed by atoms with E-state index in [-0.39, 0.29) is 5.82 Å². The van der Waals surface area contributed by atoms with E-state index in [1.807, 2.05) is 25.1 Å². The van der Waals surface area contributed by atoms with E-state index in [9.17, 15) is 9.18 Å². The number of hydrogen-bond acceptors (Lipinski definition) is 4. The van der Waals surface area contributed by atoms with Gasteiger partial charge in [-0.2, -0.15) is 0 Å². The van der Waals surface area contributed by atoms with E-state index in [0.717, 1.165) is 23.4 Å². The molecule has 2 N–H and O–H groups in total. The standard InChI is InChI=1S/C22H26FN3O2/c1-4-6-7-14-26(16-17-8-10-18(23)11-9-17)19-12-13-20(21(15-19)24-3)25-22(27)28-5-2/h8-13,15,24H,4-5,14,16H2,1-3H3,(H,25,27). The van der Waals surface area contributed by atoms with Crippen LogP contribution in [0, 0.1) is 17.7 Å². The second-order valence-electron chi connectivity index (χ2n) is 6.01. The van der Waals surface area contributed by atoms with Crippen LogP contribution in [-0.4, -0.2) is 26.3 Å². The molecule has 0 atom stereocenters. The minimum absolute atomic E-state index is 0.257. The van der Waals surface area contributed by atoms with E-state index >= 15 is 0 Å². The predicted molar refractivity (Wildman–Crippen MR) is 112 cm³/mol. The normalized spacial score (nSPS) is 9.86. The van der Waals surface area contributed by atoms with Crippen molar-refractivity contribution in [2.75, 3.05) is 35.7 Å². The molecule has 0 radical (unpaired) electrons. The van der Waals surface area contributed by atoms with Crippen LogP contribution in [0.4, 0.5) is 26.2 Å². The molecule has 0 aromatic heterocycles. The van der Waals surface area contributed by atoms with Crippen LogP contribution in [0.5, 0.6) is 0 Å². The molecule has 28 heavy (non-hydrogen) atoms. The van der Waals surface area contributed by atoms with Gasteiger partial charge in [0.25, 0.3) is 0 Å². The Kier molecular flexibility index (Phi) is 8.16. The largest absolute Gasteiger partial charge is 0.450 e. The van der Waals surface area contributed by atoms with Crippen LogP contribution in [0.1, 0.15) is 25.8 Å². The summed E-state index contributed by atoms with van der Waals surface area (Å²) in [7, 11) is 1.79. The number of nitrogens with one attached hydrogen (secondary N) is 2. The Morgan fingerprint density at radius 3 is 2.50 bits per heavy atom. The van der Waals surface area contributed by atoms with Gasteiger partial charge in [-0.3, -0.25) is 5.32 Å². The zero-order chi connectivity index (χ0) is 20.4. The highest BCUT2D eigenvalue weighted by atomic mass is 19.1. The summed E-state index contributed by atoms with van der Waals surface area (Å²) in [5, 5.41) is 5.82. The second-order valence-corrected chi connectivity index (χ2v) is 6.01. The Labute approximate surface area is 165 Å². The number of benzene rings is 2. The Morgan fingerprint density at radius 1 is 1.11 bits per heavy atom. The van der Waals surface area contributed by atoms with E-state index in [2.05, 4.69) is 27.4 Å². The lowest BCUT2D eigenvalue weighted by Gasteiger charge is -2.24. The average Bonchev–Trinajstić information content (AvgIpc) is 2.69. The van der Waals surface area contributed by atoms with Gasteiger partial charge in [0.1, 0.15) is 5.82 Å². The van der Waals surface area contributed by atoms with E-state index in [1.165, 1.54) is 12.1 Å². The summed E-state index contributed by atoms with van der Waals surface area (Å²) in [6.07, 6.45) is 0.290. The van der Waals surface area contributed by atoms with Crippen molar-refractivity contribution in [3.8, 4) is 11.8 Å². The highest BCUT2D eigenvalue weighted by molar-refractivity contribution is 5.90. The van der Waals surface area contributed by atoms with Gasteiger partial charge in [0.2, 0.25) is 0 Å². The Balaban J connectivity index is 2.27. The fourth-order valence-electron chi connectivity index (χ4n) is 2.65. The van der Waals surface area contributed by atoms with E-state index in [1.54, 1.807) is 26.1 Å². The summed E-state index contributed by atoms with van der Waals surface area (Å²) in [5.41, 5.74) is 3.32. The molecule has 0 spiro atoms. The molecule has 0 bridgehead atoms. The topological polar surface area (TPSA) is 53.6 Å². The maximum absolute atomic E-state index is 13.2. The SMILES string of the molecule is CCC#CCN(Cc1ccc(F)cc1)c1ccc(NC(=O)OCC)c(NC)c1. The summed E-state index contributed by atoms with van der Waals surface area (Å²) in [5.74, 6) is 5.98. The van der Waals surface area contributed by atoms with Crippen LogP contribution in [0.3, 0.4) is 0 Å². The molecule has 0 fully saturated rings. The fraction of sp³-hybridized carbons (Fsp3) is 0.318. The molecule has 2 aromatic carbocycles. The van der Waals surface area contributed by atoms with Crippen molar-refractivity contribution < 1.29 is 13.9 Å². The first-order valence-corrected chi connectivity index (χ1v) is 9.28. The molecule has 2 aromatic rings. The Hall–Kier alpha value is -3.20. The van der Waals surface area contributed by atoms with Crippen LogP contribution in [-0.2, 0) is 11.3 Å². The van der Waals surface area contributed by atoms with Gasteiger partial charge in [-0.25, -0.2) is 9.18 Å². The third kappa shape index (κ3) is 6.20. The minimum Gasteiger partial charge on any atom is -0.450 e. The van der Waals surface area contributed by atoms with Crippen molar-refractivity contribution in [2.45, 2.75) is 26.8 Å². The molecular weight excluding hydrogens is 357 g/mol. The van der Waals surface area contributed by atoms with Crippen LogP contribution >= 0.6 is 0 Å². The second kappa shape index (κ2) is 10.8. The lowest BCUT2D eigenvalue weighted by molar-refractivity contribution is 0.168. The number of anilines is 3. The van der Waals surface area contributed by atoms with Crippen molar-refractivity contribution >= 4 is 23.2 Å². The molecule has 0 aliphatic rings. The smallest absolute Gasteiger partial charge is 0.411 e. The molecule has 5 nitrogen and oxygen atoms in total. The van der Waals surface area contributed by atoms with Crippen molar-refractivity contribution in [1.82, 2.24) is 0 Å². The Bertz CT molecular complexity index is 841. The molecule has 0 heterocycles. The maximum atomic E-state index is 13.2. The van der Waals surface area contributed by atoms with E-state index in [0.29, 0.717) is 25.4 Å². The van der Waals surface area contributed by atoms with Crippen LogP contribution in [0.15, 0.2) is 42.5 Å². The zero-order valence-corrected chi connectivity index (χ0v) is 16.5. The number of halogens is 1. The van der Waals surface area contributed by atoms with Gasteiger partial charge in [-0.05, 0) is 42.8 Å². The van der Waals surface area contributed by atoms with Crippen molar-refractivity contribution in [3.05, 3.63) is 53.8 Å². The molecule has 148 valence electrons. The molecule has 2 rings (SSSR count). The quantitative estimate of drug-likeness (QED) is 0.671. The predicted octanol–water partition coefficient (Wildman–Crippen LogP) is 4.86. The first-order valence-electron chi connectivity index (χ1n) is 9.28. The van der Waals surface area contributed by atoms with Gasteiger partial charge in [0.15, 0.2) is 0 Å². The van der Waals surface area contributed by atoms with Crippen molar-refractivity contribution in [2.24, 2.45) is 0 Å². The summed E-state index contributed by atoms with van der Waals surface area (Å²) in [6.45, 7) is 5.20. The van der Waals surface area contributed by atoms with Gasteiger partial charge < -0.3 is 15.0 Å². The van der Waals surface area contributed by atoms with Crippen LogP contribution in [0.2, 0.25) is 0 Å². The number of carbonyl (C=O) groups excluding carboxylic acids is 1. The summed E-state index contributed by atoms with van der Waals surface area (Å²) < 4.78 is 18.1. The van der Waals surface area contributed by atoms with Crippen LogP contribution < -0.4 is 15.5 Å². The van der Waals surface area contributed by atoms with Gasteiger partial charge in [-0.15, -0.1) is 5.92 Å². The van der Waals surface area contributed by atoms with Gasteiger partial charge in [0, 0.05) is 25.7 Å². The lowest BCUT2D eigenvalue weighted by atomic mass is 10.1. The fourth-order valence-corrected chi connectivity index (χ4v) is 2.65. The summed E-state index contributed by atoms with van der Waals surface area (Å²) >= 11 is 0. The summed E-state index contributed by atoms with van der Waals surface area (Å²) in [4.78, 5) is 13.8. The molecule has 0 aliphatic heterocycles. The number of carbonyl (C=O) groups is 1. The van der Waals surface area contributed by atoms with Crippen molar-refractivity contribution in [3.63, 3.8) is 0 Å². The van der Waals surface area contributed by atoms with E-state index in [4.69, 9.17) is 4.74 Å². The molecule has 1 amide bonds. The molecule has 0 saturated heterocycles.